The highest BCUT2D eigenvalue weighted by Gasteiger charge is 2.19. The number of aromatic nitrogens is 4. The van der Waals surface area contributed by atoms with Crippen molar-refractivity contribution < 1.29 is 4.92 Å². The van der Waals surface area contributed by atoms with Crippen molar-refractivity contribution in [2.45, 2.75) is 33.4 Å². The van der Waals surface area contributed by atoms with Crippen molar-refractivity contribution in [2.75, 3.05) is 0 Å². The molecule has 0 spiro atoms. The van der Waals surface area contributed by atoms with Crippen LogP contribution in [0.1, 0.15) is 24.5 Å². The summed E-state index contributed by atoms with van der Waals surface area (Å²) in [6.07, 6.45) is 2.11. The minimum Gasteiger partial charge on any atom is -0.320 e. The van der Waals surface area contributed by atoms with Crippen LogP contribution < -0.4 is 11.2 Å². The first-order valence-corrected chi connectivity index (χ1v) is 9.91. The quantitative estimate of drug-likeness (QED) is 0.353. The molecule has 158 valence electrons. The fourth-order valence-corrected chi connectivity index (χ4v) is 3.61. The second-order valence-corrected chi connectivity index (χ2v) is 7.38. The number of hydrogen-bond acceptors (Lipinski definition) is 5. The lowest BCUT2D eigenvalue weighted by atomic mass is 10.2. The van der Waals surface area contributed by atoms with Crippen LogP contribution in [0, 0.1) is 17.0 Å². The lowest BCUT2D eigenvalue weighted by Gasteiger charge is -2.12. The molecule has 0 radical (unpaired) electrons. The van der Waals surface area contributed by atoms with Gasteiger partial charge in [0.25, 0.3) is 11.2 Å². The molecule has 0 saturated carbocycles. The molecule has 0 unspecified atom stereocenters. The van der Waals surface area contributed by atoms with Gasteiger partial charge in [0.2, 0.25) is 0 Å². The van der Waals surface area contributed by atoms with E-state index in [9.17, 15) is 19.7 Å². The standard InChI is InChI=1S/C22H21N5O4/c1-3-11-25-21(28)19-20(26(22(25)29)17-9-7-15(2)8-10-17)23-14-24(19)13-16-5-4-6-18(12-16)27(30)31/h4-10,12,14H,3,11,13H2,1-2H3. The Morgan fingerprint density at radius 1 is 1.10 bits per heavy atom. The third kappa shape index (κ3) is 3.65. The molecule has 0 fully saturated rings. The number of imidazole rings is 1. The Balaban J connectivity index is 1.94. The fraction of sp³-hybridized carbons (Fsp3) is 0.227. The van der Waals surface area contributed by atoms with Gasteiger partial charge in [0.05, 0.1) is 16.9 Å². The van der Waals surface area contributed by atoms with Crippen LogP contribution in [0.3, 0.4) is 0 Å². The molecule has 2 aromatic heterocycles. The highest BCUT2D eigenvalue weighted by Crippen LogP contribution is 2.18. The Morgan fingerprint density at radius 2 is 1.84 bits per heavy atom. The van der Waals surface area contributed by atoms with Gasteiger partial charge in [-0.2, -0.15) is 0 Å². The number of nitro groups is 1. The fourth-order valence-electron chi connectivity index (χ4n) is 3.61. The molecule has 0 aliphatic heterocycles. The summed E-state index contributed by atoms with van der Waals surface area (Å²) in [7, 11) is 0. The molecule has 0 bridgehead atoms. The number of benzene rings is 2. The zero-order chi connectivity index (χ0) is 22.1. The summed E-state index contributed by atoms with van der Waals surface area (Å²) >= 11 is 0. The highest BCUT2D eigenvalue weighted by atomic mass is 16.6. The zero-order valence-corrected chi connectivity index (χ0v) is 17.2. The molecular formula is C22H21N5O4. The van der Waals surface area contributed by atoms with E-state index in [4.69, 9.17) is 0 Å². The van der Waals surface area contributed by atoms with Crippen molar-refractivity contribution in [3.63, 3.8) is 0 Å². The first-order valence-electron chi connectivity index (χ1n) is 9.91. The molecule has 0 aliphatic carbocycles. The predicted molar refractivity (Wildman–Crippen MR) is 117 cm³/mol. The Hall–Kier alpha value is -4.01. The van der Waals surface area contributed by atoms with Crippen molar-refractivity contribution in [3.05, 3.63) is 96.9 Å². The van der Waals surface area contributed by atoms with Crippen LogP contribution >= 0.6 is 0 Å². The zero-order valence-electron chi connectivity index (χ0n) is 17.2. The van der Waals surface area contributed by atoms with Crippen LogP contribution in [-0.4, -0.2) is 23.6 Å². The van der Waals surface area contributed by atoms with E-state index >= 15 is 0 Å². The van der Waals surface area contributed by atoms with Gasteiger partial charge < -0.3 is 4.57 Å². The molecule has 0 N–H and O–H groups in total. The number of nitrogens with zero attached hydrogens (tertiary/aromatic N) is 5. The Bertz CT molecular complexity index is 1400. The second-order valence-electron chi connectivity index (χ2n) is 7.38. The normalized spacial score (nSPS) is 11.2. The van der Waals surface area contributed by atoms with Gasteiger partial charge in [0.1, 0.15) is 0 Å². The second kappa shape index (κ2) is 8.02. The van der Waals surface area contributed by atoms with Gasteiger partial charge in [-0.05, 0) is 31.0 Å². The van der Waals surface area contributed by atoms with E-state index in [0.717, 1.165) is 5.56 Å². The smallest absolute Gasteiger partial charge is 0.320 e. The lowest BCUT2D eigenvalue weighted by molar-refractivity contribution is -0.384. The minimum absolute atomic E-state index is 0.0260. The topological polar surface area (TPSA) is 105 Å². The molecule has 0 saturated heterocycles. The number of aryl methyl sites for hydroxylation is 1. The van der Waals surface area contributed by atoms with Gasteiger partial charge in [-0.25, -0.2) is 14.3 Å². The molecule has 31 heavy (non-hydrogen) atoms. The maximum absolute atomic E-state index is 13.2. The van der Waals surface area contributed by atoms with Crippen molar-refractivity contribution in [2.24, 2.45) is 0 Å². The number of non-ortho nitro benzene ring substituents is 1. The van der Waals surface area contributed by atoms with Crippen molar-refractivity contribution in [1.82, 2.24) is 18.7 Å². The third-order valence-electron chi connectivity index (χ3n) is 5.11. The van der Waals surface area contributed by atoms with E-state index < -0.39 is 16.2 Å². The highest BCUT2D eigenvalue weighted by molar-refractivity contribution is 5.72. The van der Waals surface area contributed by atoms with Crippen LogP contribution in [0.15, 0.2) is 64.4 Å². The molecule has 9 heteroatoms. The van der Waals surface area contributed by atoms with E-state index in [1.54, 1.807) is 16.7 Å². The van der Waals surface area contributed by atoms with Gasteiger partial charge in [0.15, 0.2) is 11.2 Å². The van der Waals surface area contributed by atoms with Gasteiger partial charge in [-0.1, -0.05) is 36.8 Å². The molecule has 4 aromatic rings. The maximum Gasteiger partial charge on any atom is 0.337 e. The first kappa shape index (κ1) is 20.3. The monoisotopic (exact) mass is 419 g/mol. The SMILES string of the molecule is CCCn1c(=O)c2c(ncn2Cc2cccc([N+](=O)[O-])c2)n(-c2ccc(C)cc2)c1=O. The Kier molecular flexibility index (Phi) is 5.24. The van der Waals surface area contributed by atoms with Crippen molar-refractivity contribution in [3.8, 4) is 5.69 Å². The molecule has 0 atom stereocenters. The van der Waals surface area contributed by atoms with Gasteiger partial charge in [-0.3, -0.25) is 19.5 Å². The van der Waals surface area contributed by atoms with Gasteiger partial charge in [0, 0.05) is 25.2 Å². The predicted octanol–water partition coefficient (Wildman–Crippen LogP) is 3.02. The summed E-state index contributed by atoms with van der Waals surface area (Å²) < 4.78 is 4.29. The number of nitro benzene ring substituents is 1. The minimum atomic E-state index is -0.460. The average molecular weight is 419 g/mol. The molecule has 4 rings (SSSR count). The van der Waals surface area contributed by atoms with Crippen molar-refractivity contribution in [1.29, 1.82) is 0 Å². The van der Waals surface area contributed by atoms with Gasteiger partial charge in [-0.15, -0.1) is 0 Å². The number of rotatable bonds is 6. The van der Waals surface area contributed by atoms with Crippen LogP contribution in [0.2, 0.25) is 0 Å². The molecule has 2 heterocycles. The molecule has 9 nitrogen and oxygen atoms in total. The summed E-state index contributed by atoms with van der Waals surface area (Å²) in [4.78, 5) is 41.4. The number of fused-ring (bicyclic) bond motifs is 1. The summed E-state index contributed by atoms with van der Waals surface area (Å²) in [6.45, 7) is 4.34. The largest absolute Gasteiger partial charge is 0.337 e. The van der Waals surface area contributed by atoms with Crippen LogP contribution in [0.25, 0.3) is 16.9 Å². The van der Waals surface area contributed by atoms with E-state index in [-0.39, 0.29) is 29.9 Å². The lowest BCUT2D eigenvalue weighted by Crippen LogP contribution is -2.40. The third-order valence-corrected chi connectivity index (χ3v) is 5.11. The molecule has 2 aromatic carbocycles. The molecule has 0 amide bonds. The first-order chi connectivity index (χ1) is 14.9. The average Bonchev–Trinajstić information content (AvgIpc) is 3.16. The Morgan fingerprint density at radius 3 is 2.52 bits per heavy atom. The molecule has 0 aliphatic rings. The van der Waals surface area contributed by atoms with E-state index in [1.807, 2.05) is 38.1 Å². The van der Waals surface area contributed by atoms with Gasteiger partial charge >= 0.3 is 5.69 Å². The summed E-state index contributed by atoms with van der Waals surface area (Å²) in [5.74, 6) is 0. The molecular weight excluding hydrogens is 398 g/mol. The van der Waals surface area contributed by atoms with Crippen LogP contribution in [-0.2, 0) is 13.1 Å². The van der Waals surface area contributed by atoms with Crippen molar-refractivity contribution >= 4 is 16.9 Å². The summed E-state index contributed by atoms with van der Waals surface area (Å²) in [5.41, 5.74) is 1.97. The maximum atomic E-state index is 13.2. The van der Waals surface area contributed by atoms with Crippen LogP contribution in [0.4, 0.5) is 5.69 Å². The van der Waals surface area contributed by atoms with E-state index in [0.29, 0.717) is 17.7 Å². The summed E-state index contributed by atoms with van der Waals surface area (Å²) in [6, 6.07) is 13.6. The number of hydrogen-bond donors (Lipinski definition) is 0. The van der Waals surface area contributed by atoms with Crippen LogP contribution in [0.5, 0.6) is 0 Å². The van der Waals surface area contributed by atoms with E-state index in [1.165, 1.54) is 27.6 Å². The summed E-state index contributed by atoms with van der Waals surface area (Å²) in [5, 5.41) is 11.1. The van der Waals surface area contributed by atoms with E-state index in [2.05, 4.69) is 4.98 Å². The Labute approximate surface area is 177 Å².